The van der Waals surface area contributed by atoms with E-state index >= 15 is 0 Å². The molecule has 2 atom stereocenters. The summed E-state index contributed by atoms with van der Waals surface area (Å²) in [4.78, 5) is 26.7. The molecule has 1 aliphatic heterocycles. The SMILES string of the molecule is CCC1C(=O)NC(C(C)(C)C)C(=O)N1CCCC(C)C. The molecular weight excluding hydrogens is 252 g/mol. The van der Waals surface area contributed by atoms with Crippen LogP contribution in [0.2, 0.25) is 0 Å². The van der Waals surface area contributed by atoms with Crippen LogP contribution >= 0.6 is 0 Å². The maximum atomic E-state index is 12.7. The van der Waals surface area contributed by atoms with Crippen LogP contribution in [0.1, 0.15) is 60.8 Å². The molecule has 1 fully saturated rings. The number of hydrogen-bond donors (Lipinski definition) is 1. The first-order valence-electron chi connectivity index (χ1n) is 7.79. The van der Waals surface area contributed by atoms with Crippen LogP contribution in [0.25, 0.3) is 0 Å². The summed E-state index contributed by atoms with van der Waals surface area (Å²) in [6.07, 6.45) is 2.72. The maximum Gasteiger partial charge on any atom is 0.246 e. The average molecular weight is 282 g/mol. The minimum atomic E-state index is -0.406. The Morgan fingerprint density at radius 2 is 1.85 bits per heavy atom. The van der Waals surface area contributed by atoms with Gasteiger partial charge in [-0.1, -0.05) is 41.5 Å². The van der Waals surface area contributed by atoms with Gasteiger partial charge in [0.05, 0.1) is 0 Å². The second-order valence-electron chi connectivity index (χ2n) is 7.30. The lowest BCUT2D eigenvalue weighted by Crippen LogP contribution is -2.66. The minimum absolute atomic E-state index is 0.00317. The Kier molecular flexibility index (Phi) is 5.60. The number of hydrogen-bond acceptors (Lipinski definition) is 2. The van der Waals surface area contributed by atoms with E-state index in [1.165, 1.54) is 0 Å². The standard InChI is InChI=1S/C16H30N2O2/c1-7-12-14(19)17-13(16(4,5)6)15(20)18(12)10-8-9-11(2)3/h11-13H,7-10H2,1-6H3,(H,17,19). The number of nitrogens with zero attached hydrogens (tertiary/aromatic N) is 1. The lowest BCUT2D eigenvalue weighted by molar-refractivity contribution is -0.152. The quantitative estimate of drug-likeness (QED) is 0.842. The molecular formula is C16H30N2O2. The van der Waals surface area contributed by atoms with Gasteiger partial charge in [0.1, 0.15) is 12.1 Å². The molecule has 0 bridgehead atoms. The fourth-order valence-electron chi connectivity index (χ4n) is 2.69. The third kappa shape index (κ3) is 3.97. The summed E-state index contributed by atoms with van der Waals surface area (Å²) in [7, 11) is 0. The van der Waals surface area contributed by atoms with E-state index in [0.29, 0.717) is 18.9 Å². The van der Waals surface area contributed by atoms with Crippen LogP contribution in [0.4, 0.5) is 0 Å². The first-order valence-corrected chi connectivity index (χ1v) is 7.79. The van der Waals surface area contributed by atoms with Crippen LogP contribution in [0.5, 0.6) is 0 Å². The molecule has 1 heterocycles. The van der Waals surface area contributed by atoms with Gasteiger partial charge in [-0.25, -0.2) is 0 Å². The van der Waals surface area contributed by atoms with Crippen LogP contribution in [0.15, 0.2) is 0 Å². The van der Waals surface area contributed by atoms with Gasteiger partial charge in [0.25, 0.3) is 0 Å². The van der Waals surface area contributed by atoms with E-state index in [9.17, 15) is 9.59 Å². The van der Waals surface area contributed by atoms with Gasteiger partial charge in [-0.15, -0.1) is 0 Å². The van der Waals surface area contributed by atoms with Gasteiger partial charge < -0.3 is 10.2 Å². The first kappa shape index (κ1) is 17.0. The molecule has 1 N–H and O–H groups in total. The van der Waals surface area contributed by atoms with Gasteiger partial charge >= 0.3 is 0 Å². The summed E-state index contributed by atoms with van der Waals surface area (Å²) in [6.45, 7) is 13.0. The summed E-state index contributed by atoms with van der Waals surface area (Å²) in [5.74, 6) is 0.700. The molecule has 116 valence electrons. The van der Waals surface area contributed by atoms with Crippen LogP contribution in [0.3, 0.4) is 0 Å². The van der Waals surface area contributed by atoms with Crippen LogP contribution in [0, 0.1) is 11.3 Å². The molecule has 1 aliphatic rings. The molecule has 0 saturated carbocycles. The Labute approximate surface area is 123 Å². The summed E-state index contributed by atoms with van der Waals surface area (Å²) in [5.41, 5.74) is -0.248. The smallest absolute Gasteiger partial charge is 0.246 e. The highest BCUT2D eigenvalue weighted by molar-refractivity contribution is 5.97. The maximum absolute atomic E-state index is 12.7. The van der Waals surface area contributed by atoms with Gasteiger partial charge in [-0.3, -0.25) is 9.59 Å². The van der Waals surface area contributed by atoms with E-state index in [1.54, 1.807) is 4.90 Å². The van der Waals surface area contributed by atoms with Crippen molar-refractivity contribution in [2.75, 3.05) is 6.54 Å². The molecule has 2 amide bonds. The summed E-state index contributed by atoms with van der Waals surface area (Å²) in [6, 6.07) is -0.704. The molecule has 0 aromatic rings. The third-order valence-electron chi connectivity index (χ3n) is 3.93. The van der Waals surface area contributed by atoms with Crippen LogP contribution in [-0.2, 0) is 9.59 Å². The molecule has 0 radical (unpaired) electrons. The van der Waals surface area contributed by atoms with E-state index in [-0.39, 0.29) is 23.3 Å². The zero-order valence-electron chi connectivity index (χ0n) is 13.8. The number of piperazine rings is 1. The van der Waals surface area contributed by atoms with Crippen molar-refractivity contribution in [3.05, 3.63) is 0 Å². The first-order chi connectivity index (χ1) is 9.18. The highest BCUT2D eigenvalue weighted by atomic mass is 16.2. The fraction of sp³-hybridized carbons (Fsp3) is 0.875. The molecule has 20 heavy (non-hydrogen) atoms. The predicted molar refractivity (Wildman–Crippen MR) is 81.2 cm³/mol. The highest BCUT2D eigenvalue weighted by Gasteiger charge is 2.44. The van der Waals surface area contributed by atoms with Gasteiger partial charge in [-0.05, 0) is 30.6 Å². The van der Waals surface area contributed by atoms with Crippen molar-refractivity contribution in [1.29, 1.82) is 0 Å². The molecule has 4 nitrogen and oxygen atoms in total. The number of carbonyl (C=O) groups excluding carboxylic acids is 2. The Hall–Kier alpha value is -1.06. The van der Waals surface area contributed by atoms with Crippen molar-refractivity contribution >= 4 is 11.8 Å². The molecule has 0 spiro atoms. The zero-order chi connectivity index (χ0) is 15.5. The summed E-state index contributed by atoms with van der Waals surface area (Å²) >= 11 is 0. The monoisotopic (exact) mass is 282 g/mol. The zero-order valence-corrected chi connectivity index (χ0v) is 13.8. The lowest BCUT2D eigenvalue weighted by Gasteiger charge is -2.43. The molecule has 0 aromatic heterocycles. The average Bonchev–Trinajstić information content (AvgIpc) is 2.31. The molecule has 0 aromatic carbocycles. The second kappa shape index (κ2) is 6.59. The molecule has 2 unspecified atom stereocenters. The molecule has 0 aliphatic carbocycles. The van der Waals surface area contributed by atoms with Crippen molar-refractivity contribution in [1.82, 2.24) is 10.2 Å². The Balaban J connectivity index is 2.84. The van der Waals surface area contributed by atoms with E-state index in [0.717, 1.165) is 12.8 Å². The Morgan fingerprint density at radius 3 is 2.30 bits per heavy atom. The van der Waals surface area contributed by atoms with Crippen molar-refractivity contribution in [2.24, 2.45) is 11.3 Å². The molecule has 4 heteroatoms. The highest BCUT2D eigenvalue weighted by Crippen LogP contribution is 2.26. The number of nitrogens with one attached hydrogen (secondary N) is 1. The number of rotatable bonds is 5. The van der Waals surface area contributed by atoms with Gasteiger partial charge in [0.2, 0.25) is 11.8 Å². The van der Waals surface area contributed by atoms with E-state index in [2.05, 4.69) is 19.2 Å². The fourth-order valence-corrected chi connectivity index (χ4v) is 2.69. The van der Waals surface area contributed by atoms with Gasteiger partial charge in [0.15, 0.2) is 0 Å². The van der Waals surface area contributed by atoms with Gasteiger partial charge in [0, 0.05) is 6.54 Å². The minimum Gasteiger partial charge on any atom is -0.342 e. The predicted octanol–water partition coefficient (Wildman–Crippen LogP) is 2.57. The van der Waals surface area contributed by atoms with E-state index in [4.69, 9.17) is 0 Å². The second-order valence-corrected chi connectivity index (χ2v) is 7.30. The van der Waals surface area contributed by atoms with Crippen LogP contribution < -0.4 is 5.32 Å². The number of amides is 2. The molecule has 1 saturated heterocycles. The molecule has 1 rings (SSSR count). The summed E-state index contributed by atoms with van der Waals surface area (Å²) in [5, 5.41) is 2.91. The van der Waals surface area contributed by atoms with Crippen LogP contribution in [-0.4, -0.2) is 35.3 Å². The van der Waals surface area contributed by atoms with Crippen molar-refractivity contribution in [2.45, 2.75) is 72.9 Å². The van der Waals surface area contributed by atoms with Crippen molar-refractivity contribution in [3.8, 4) is 0 Å². The largest absolute Gasteiger partial charge is 0.342 e. The van der Waals surface area contributed by atoms with E-state index in [1.807, 2.05) is 27.7 Å². The summed E-state index contributed by atoms with van der Waals surface area (Å²) < 4.78 is 0. The van der Waals surface area contributed by atoms with Gasteiger partial charge in [-0.2, -0.15) is 0 Å². The topological polar surface area (TPSA) is 49.4 Å². The Morgan fingerprint density at radius 1 is 1.25 bits per heavy atom. The third-order valence-corrected chi connectivity index (χ3v) is 3.93. The number of carbonyl (C=O) groups is 2. The normalized spacial score (nSPS) is 24.2. The lowest BCUT2D eigenvalue weighted by atomic mass is 9.83. The van der Waals surface area contributed by atoms with Crippen molar-refractivity contribution in [3.63, 3.8) is 0 Å². The van der Waals surface area contributed by atoms with E-state index < -0.39 is 6.04 Å². The Bertz CT molecular complexity index is 358. The van der Waals surface area contributed by atoms with Crippen molar-refractivity contribution < 1.29 is 9.59 Å².